The highest BCUT2D eigenvalue weighted by Gasteiger charge is 2.15. The zero-order chi connectivity index (χ0) is 24.8. The van der Waals surface area contributed by atoms with Crippen molar-refractivity contribution in [2.75, 3.05) is 34.4 Å². The van der Waals surface area contributed by atoms with Crippen LogP contribution in [-0.2, 0) is 0 Å². The Morgan fingerprint density at radius 2 is 1.82 bits per heavy atom. The molecule has 3 N–H and O–H groups in total. The van der Waals surface area contributed by atoms with Gasteiger partial charge in [0, 0.05) is 24.7 Å². The summed E-state index contributed by atoms with van der Waals surface area (Å²) in [7, 11) is 4.64. The minimum atomic E-state index is -0.338. The zero-order valence-electron chi connectivity index (χ0n) is 20.2. The van der Waals surface area contributed by atoms with Gasteiger partial charge in [0.25, 0.3) is 5.56 Å². The molecule has 2 amide bonds. The number of aliphatic imine (C=N–C) groups is 1. The molecule has 0 saturated heterocycles. The van der Waals surface area contributed by atoms with Crippen LogP contribution in [0, 0.1) is 13.8 Å². The lowest BCUT2D eigenvalue weighted by Crippen LogP contribution is -2.40. The molecule has 3 rings (SSSR count). The average molecular weight is 468 g/mol. The van der Waals surface area contributed by atoms with Gasteiger partial charge in [-0.3, -0.25) is 15.1 Å². The summed E-state index contributed by atoms with van der Waals surface area (Å²) in [6.07, 6.45) is 0. The fourth-order valence-electron chi connectivity index (χ4n) is 3.52. The SMILES string of the molecule is CN=C(C)NC(=O)NCCOc1c(C)cc(-c2nc3cc(OC)cc(OC)c3c(=O)[nH]2)cc1C. The predicted octanol–water partition coefficient (Wildman–Crippen LogP) is 2.95. The number of H-pyrrole nitrogens is 1. The van der Waals surface area contributed by atoms with E-state index in [2.05, 4.69) is 25.6 Å². The second-order valence-electron chi connectivity index (χ2n) is 7.62. The molecule has 0 radical (unpaired) electrons. The number of methoxy groups -OCH3 is 2. The van der Waals surface area contributed by atoms with E-state index in [1.165, 1.54) is 7.11 Å². The Balaban J connectivity index is 1.81. The smallest absolute Gasteiger partial charge is 0.320 e. The first-order chi connectivity index (χ1) is 16.3. The van der Waals surface area contributed by atoms with Crippen LogP contribution in [0.3, 0.4) is 0 Å². The van der Waals surface area contributed by atoms with E-state index in [1.807, 2.05) is 26.0 Å². The number of fused-ring (bicyclic) bond motifs is 1. The number of hydrogen-bond acceptors (Lipinski definition) is 7. The van der Waals surface area contributed by atoms with E-state index < -0.39 is 0 Å². The minimum absolute atomic E-state index is 0.293. The fourth-order valence-corrected chi connectivity index (χ4v) is 3.52. The first kappa shape index (κ1) is 24.6. The van der Waals surface area contributed by atoms with E-state index in [1.54, 1.807) is 33.2 Å². The summed E-state index contributed by atoms with van der Waals surface area (Å²) >= 11 is 0. The van der Waals surface area contributed by atoms with Gasteiger partial charge in [0.1, 0.15) is 40.9 Å². The summed E-state index contributed by atoms with van der Waals surface area (Å²) in [6, 6.07) is 6.80. The van der Waals surface area contributed by atoms with Crippen molar-refractivity contribution < 1.29 is 19.0 Å². The summed E-state index contributed by atoms with van der Waals surface area (Å²) in [6.45, 7) is 6.15. The van der Waals surface area contributed by atoms with Crippen LogP contribution < -0.4 is 30.4 Å². The molecular weight excluding hydrogens is 438 g/mol. The number of aromatic amines is 1. The number of aryl methyl sites for hydroxylation is 2. The van der Waals surface area contributed by atoms with E-state index >= 15 is 0 Å². The maximum absolute atomic E-state index is 12.8. The van der Waals surface area contributed by atoms with E-state index in [4.69, 9.17) is 14.2 Å². The second kappa shape index (κ2) is 10.7. The lowest BCUT2D eigenvalue weighted by atomic mass is 10.0. The van der Waals surface area contributed by atoms with Gasteiger partial charge in [-0.2, -0.15) is 0 Å². The van der Waals surface area contributed by atoms with Gasteiger partial charge in [0.05, 0.1) is 26.3 Å². The van der Waals surface area contributed by atoms with Crippen molar-refractivity contribution in [2.45, 2.75) is 20.8 Å². The van der Waals surface area contributed by atoms with E-state index in [9.17, 15) is 9.59 Å². The van der Waals surface area contributed by atoms with Crippen LogP contribution in [0.4, 0.5) is 4.79 Å². The first-order valence-electron chi connectivity index (χ1n) is 10.7. The number of urea groups is 1. The van der Waals surface area contributed by atoms with Crippen LogP contribution in [0.2, 0.25) is 0 Å². The Morgan fingerprint density at radius 1 is 1.12 bits per heavy atom. The minimum Gasteiger partial charge on any atom is -0.497 e. The number of aromatic nitrogens is 2. The number of amidine groups is 1. The number of carbonyl (C=O) groups excluding carboxylic acids is 1. The fraction of sp³-hybridized carbons (Fsp3) is 0.333. The maximum atomic E-state index is 12.8. The Morgan fingerprint density at radius 3 is 2.44 bits per heavy atom. The van der Waals surface area contributed by atoms with Crippen molar-refractivity contribution >= 4 is 22.8 Å². The van der Waals surface area contributed by atoms with Crippen molar-refractivity contribution in [1.82, 2.24) is 20.6 Å². The van der Waals surface area contributed by atoms with Crippen molar-refractivity contribution in [2.24, 2.45) is 4.99 Å². The zero-order valence-corrected chi connectivity index (χ0v) is 20.2. The molecule has 1 heterocycles. The molecule has 10 nitrogen and oxygen atoms in total. The number of ether oxygens (including phenoxy) is 3. The largest absolute Gasteiger partial charge is 0.497 e. The quantitative estimate of drug-likeness (QED) is 0.279. The lowest BCUT2D eigenvalue weighted by molar-refractivity contribution is 0.240. The Hall–Kier alpha value is -4.08. The van der Waals surface area contributed by atoms with Crippen LogP contribution in [-0.4, -0.2) is 56.3 Å². The second-order valence-corrected chi connectivity index (χ2v) is 7.62. The van der Waals surface area contributed by atoms with Crippen molar-refractivity contribution in [3.63, 3.8) is 0 Å². The van der Waals surface area contributed by atoms with E-state index in [0.717, 1.165) is 16.7 Å². The highest BCUT2D eigenvalue weighted by atomic mass is 16.5. The van der Waals surface area contributed by atoms with Crippen LogP contribution in [0.15, 0.2) is 34.1 Å². The topological polar surface area (TPSA) is 127 Å². The Bertz CT molecular complexity index is 1280. The van der Waals surface area contributed by atoms with Gasteiger partial charge < -0.3 is 24.5 Å². The molecule has 0 fully saturated rings. The molecule has 0 bridgehead atoms. The van der Waals surface area contributed by atoms with Crippen LogP contribution in [0.1, 0.15) is 18.1 Å². The van der Waals surface area contributed by atoms with Crippen molar-refractivity contribution in [3.8, 4) is 28.6 Å². The molecule has 0 spiro atoms. The number of carbonyl (C=O) groups is 1. The summed E-state index contributed by atoms with van der Waals surface area (Å²) in [5.74, 6) is 2.60. The molecule has 1 aromatic heterocycles. The summed E-state index contributed by atoms with van der Waals surface area (Å²) in [4.78, 5) is 35.9. The molecule has 2 aromatic carbocycles. The number of hydrogen-bond donors (Lipinski definition) is 3. The monoisotopic (exact) mass is 467 g/mol. The van der Waals surface area contributed by atoms with Crippen LogP contribution in [0.5, 0.6) is 17.2 Å². The molecule has 0 aliphatic heterocycles. The Labute approximate surface area is 197 Å². The molecule has 0 unspecified atom stereocenters. The maximum Gasteiger partial charge on any atom is 0.320 e. The van der Waals surface area contributed by atoms with E-state index in [-0.39, 0.29) is 11.6 Å². The summed E-state index contributed by atoms with van der Waals surface area (Å²) in [5.41, 5.74) is 2.66. The standard InChI is InChI=1S/C24H29N5O5/c1-13-9-16(10-14(2)21(13)34-8-7-26-24(31)27-15(3)25-4)22-28-18-11-17(32-5)12-19(33-6)20(18)23(30)29-22/h9-12H,7-8H2,1-6H3,(H,28,29,30)(H2,25,26,27,31). The molecule has 10 heteroatoms. The lowest BCUT2D eigenvalue weighted by Gasteiger charge is -2.15. The van der Waals surface area contributed by atoms with Crippen molar-refractivity contribution in [1.29, 1.82) is 0 Å². The molecule has 3 aromatic rings. The number of nitrogens with one attached hydrogen (secondary N) is 3. The summed E-state index contributed by atoms with van der Waals surface area (Å²) < 4.78 is 16.5. The van der Waals surface area contributed by atoms with Gasteiger partial charge in [0.15, 0.2) is 0 Å². The molecule has 0 aliphatic carbocycles. The number of benzene rings is 2. The molecule has 180 valence electrons. The van der Waals surface area contributed by atoms with Crippen LogP contribution >= 0.6 is 0 Å². The van der Waals surface area contributed by atoms with Gasteiger partial charge in [-0.1, -0.05) is 0 Å². The molecule has 34 heavy (non-hydrogen) atoms. The third-order valence-electron chi connectivity index (χ3n) is 5.20. The number of nitrogens with zero attached hydrogens (tertiary/aromatic N) is 2. The average Bonchev–Trinajstić information content (AvgIpc) is 2.81. The predicted molar refractivity (Wildman–Crippen MR) is 131 cm³/mol. The van der Waals surface area contributed by atoms with Crippen molar-refractivity contribution in [3.05, 3.63) is 45.7 Å². The molecule has 0 saturated carbocycles. The molecule has 0 atom stereocenters. The third kappa shape index (κ3) is 5.45. The molecule has 0 aliphatic rings. The van der Waals surface area contributed by atoms with Gasteiger partial charge >= 0.3 is 6.03 Å². The Kier molecular flexibility index (Phi) is 7.72. The van der Waals surface area contributed by atoms with Gasteiger partial charge in [0.2, 0.25) is 0 Å². The van der Waals surface area contributed by atoms with E-state index in [0.29, 0.717) is 53.0 Å². The first-order valence-corrected chi connectivity index (χ1v) is 10.7. The van der Waals surface area contributed by atoms with Gasteiger partial charge in [-0.05, 0) is 44.0 Å². The highest BCUT2D eigenvalue weighted by molar-refractivity contribution is 5.96. The number of amides is 2. The third-order valence-corrected chi connectivity index (χ3v) is 5.20. The highest BCUT2D eigenvalue weighted by Crippen LogP contribution is 2.31. The number of rotatable bonds is 7. The van der Waals surface area contributed by atoms with Gasteiger partial charge in [-0.15, -0.1) is 0 Å². The normalized spacial score (nSPS) is 11.3. The van der Waals surface area contributed by atoms with Crippen LogP contribution in [0.25, 0.3) is 22.3 Å². The molecular formula is C24H29N5O5. The summed E-state index contributed by atoms with van der Waals surface area (Å²) in [5, 5.41) is 5.67. The van der Waals surface area contributed by atoms with Gasteiger partial charge in [-0.25, -0.2) is 9.78 Å².